The third-order valence-corrected chi connectivity index (χ3v) is 0.902. The van der Waals surface area contributed by atoms with Gasteiger partial charge in [0.2, 0.25) is 0 Å². The van der Waals surface area contributed by atoms with E-state index in [0.717, 1.165) is 0 Å². The van der Waals surface area contributed by atoms with E-state index in [-0.39, 0.29) is 0 Å². The molecular weight excluding hydrogens is 156 g/mol. The van der Waals surface area contributed by atoms with Gasteiger partial charge in [0, 0.05) is 24.8 Å². The fraction of sp³-hybridized carbons (Fsp3) is 0. The van der Waals surface area contributed by atoms with Gasteiger partial charge in [-0.1, -0.05) is 5.59 Å². The van der Waals surface area contributed by atoms with Crippen LogP contribution < -0.4 is 0 Å². The highest BCUT2D eigenvalue weighted by atomic mass is 16.2. The number of rotatable bonds is 0. The van der Waals surface area contributed by atoms with E-state index in [2.05, 4.69) is 20.5 Å². The molecular formula is C7H10N4O. The summed E-state index contributed by atoms with van der Waals surface area (Å²) in [6, 6.07) is 3.89. The van der Waals surface area contributed by atoms with Crippen LogP contribution in [-0.2, 0) is 0 Å². The largest absolute Gasteiger partial charge is 0.368 e. The van der Waals surface area contributed by atoms with Gasteiger partial charge in [0.25, 0.3) is 0 Å². The van der Waals surface area contributed by atoms with E-state index >= 15 is 0 Å². The Labute approximate surface area is 69.6 Å². The van der Waals surface area contributed by atoms with E-state index in [9.17, 15) is 0 Å². The van der Waals surface area contributed by atoms with Crippen molar-refractivity contribution in [2.45, 2.75) is 0 Å². The van der Waals surface area contributed by atoms with Crippen LogP contribution in [0.25, 0.3) is 0 Å². The van der Waals surface area contributed by atoms with Crippen molar-refractivity contribution in [3.8, 4) is 0 Å². The van der Waals surface area contributed by atoms with E-state index in [1.807, 2.05) is 24.5 Å². The number of nitroso groups, excluding NO2 is 1. The Kier molecular flexibility index (Phi) is 7.64. The molecule has 5 nitrogen and oxygen atoms in total. The Morgan fingerprint density at radius 1 is 1.00 bits per heavy atom. The minimum absolute atomic E-state index is 1.62. The Morgan fingerprint density at radius 3 is 1.83 bits per heavy atom. The average molecular weight is 166 g/mol. The van der Waals surface area contributed by atoms with Crippen LogP contribution >= 0.6 is 0 Å². The van der Waals surface area contributed by atoms with Crippen LogP contribution in [0.2, 0.25) is 0 Å². The highest BCUT2D eigenvalue weighted by Crippen LogP contribution is 1.72. The molecule has 2 rings (SSSR count). The summed E-state index contributed by atoms with van der Waals surface area (Å²) in [7, 11) is 0. The second-order valence-electron chi connectivity index (χ2n) is 1.65. The molecule has 0 aromatic carbocycles. The molecule has 0 aliphatic heterocycles. The Morgan fingerprint density at radius 2 is 1.67 bits per heavy atom. The van der Waals surface area contributed by atoms with Gasteiger partial charge in [-0.05, 0) is 12.1 Å². The van der Waals surface area contributed by atoms with Gasteiger partial charge in [0.15, 0.2) is 0 Å². The molecule has 0 saturated carbocycles. The van der Waals surface area contributed by atoms with Gasteiger partial charge in [-0.2, -0.15) is 4.91 Å². The molecule has 64 valence electrons. The molecule has 0 bridgehead atoms. The average Bonchev–Trinajstić information content (AvgIpc) is 2.87. The lowest BCUT2D eigenvalue weighted by Crippen LogP contribution is -1.44. The lowest BCUT2D eigenvalue weighted by Gasteiger charge is -1.49. The van der Waals surface area contributed by atoms with Crippen molar-refractivity contribution < 1.29 is 0 Å². The maximum absolute atomic E-state index is 7.50. The summed E-state index contributed by atoms with van der Waals surface area (Å²) in [6.45, 7) is 0. The fourth-order valence-corrected chi connectivity index (χ4v) is 0.493. The predicted molar refractivity (Wildman–Crippen MR) is 45.5 cm³/mol. The molecule has 0 aliphatic carbocycles. The molecule has 12 heavy (non-hydrogen) atoms. The number of nitrogens with one attached hydrogen (secondary N) is 3. The standard InChI is InChI=1S/C4H5N.C3H4N2.HNO/c1-2-4-5-3-1;1-2-5-3-4-1;1-2/h1-5H;1-3H,(H,4,5);1H. The van der Waals surface area contributed by atoms with Gasteiger partial charge in [0.1, 0.15) is 0 Å². The topological polar surface area (TPSA) is 85.4 Å². The van der Waals surface area contributed by atoms with Crippen LogP contribution in [0.5, 0.6) is 0 Å². The van der Waals surface area contributed by atoms with Crippen molar-refractivity contribution in [1.82, 2.24) is 15.0 Å². The van der Waals surface area contributed by atoms with Crippen molar-refractivity contribution in [1.29, 1.82) is 5.59 Å². The summed E-state index contributed by atoms with van der Waals surface area (Å²) in [5.41, 5.74) is 4.50. The zero-order valence-electron chi connectivity index (χ0n) is 6.40. The van der Waals surface area contributed by atoms with E-state index < -0.39 is 0 Å². The Balaban J connectivity index is 0.000000168. The summed E-state index contributed by atoms with van der Waals surface area (Å²) in [5, 5.41) is 0. The quantitative estimate of drug-likeness (QED) is 0.521. The van der Waals surface area contributed by atoms with Gasteiger partial charge in [-0.25, -0.2) is 4.98 Å². The first-order valence-electron chi connectivity index (χ1n) is 3.21. The maximum atomic E-state index is 7.50. The van der Waals surface area contributed by atoms with Crippen LogP contribution in [-0.4, -0.2) is 15.0 Å². The minimum Gasteiger partial charge on any atom is -0.368 e. The smallest absolute Gasteiger partial charge is 0.0919 e. The summed E-state index contributed by atoms with van der Waals surface area (Å²) < 4.78 is 0. The maximum Gasteiger partial charge on any atom is 0.0919 e. The van der Waals surface area contributed by atoms with E-state index in [4.69, 9.17) is 4.91 Å². The number of hydrogen-bond acceptors (Lipinski definition) is 3. The molecule has 0 saturated heterocycles. The molecule has 0 aliphatic rings. The molecule has 2 heterocycles. The van der Waals surface area contributed by atoms with E-state index in [0.29, 0.717) is 0 Å². The van der Waals surface area contributed by atoms with Crippen LogP contribution in [0.3, 0.4) is 0 Å². The van der Waals surface area contributed by atoms with E-state index in [1.165, 1.54) is 0 Å². The van der Waals surface area contributed by atoms with Crippen LogP contribution in [0, 0.1) is 10.5 Å². The summed E-state index contributed by atoms with van der Waals surface area (Å²) in [5.74, 6) is 0. The molecule has 5 heteroatoms. The molecule has 3 N–H and O–H groups in total. The Bertz CT molecular complexity index is 167. The number of H-pyrrole nitrogens is 2. The molecule has 0 spiro atoms. The lowest BCUT2D eigenvalue weighted by molar-refractivity contribution is 1.31. The van der Waals surface area contributed by atoms with Crippen LogP contribution in [0.1, 0.15) is 0 Å². The first kappa shape index (κ1) is 10.1. The van der Waals surface area contributed by atoms with Crippen molar-refractivity contribution in [3.63, 3.8) is 0 Å². The first-order chi connectivity index (χ1) is 6.00. The number of nitrogens with zero attached hydrogens (tertiary/aromatic N) is 1. The van der Waals surface area contributed by atoms with Crippen molar-refractivity contribution in [2.24, 2.45) is 0 Å². The minimum atomic E-state index is 1.62. The SMILES string of the molecule is N=O.c1c[nH]cn1.c1cc[nH]c1. The number of hydrogen-bond donors (Lipinski definition) is 3. The zero-order chi connectivity index (χ0) is 9.07. The van der Waals surface area contributed by atoms with Crippen molar-refractivity contribution in [3.05, 3.63) is 48.2 Å². The molecule has 2 aromatic heterocycles. The highest BCUT2D eigenvalue weighted by Gasteiger charge is 1.56. The zero-order valence-corrected chi connectivity index (χ0v) is 6.40. The molecule has 0 radical (unpaired) electrons. The second kappa shape index (κ2) is 9.09. The van der Waals surface area contributed by atoms with Gasteiger partial charge in [0.05, 0.1) is 6.33 Å². The Hall–Kier alpha value is -1.91. The van der Waals surface area contributed by atoms with Crippen LogP contribution in [0.4, 0.5) is 0 Å². The predicted octanol–water partition coefficient (Wildman–Crippen LogP) is 1.76. The fourth-order valence-electron chi connectivity index (χ4n) is 0.493. The van der Waals surface area contributed by atoms with Gasteiger partial charge in [-0.15, -0.1) is 0 Å². The lowest BCUT2D eigenvalue weighted by atomic mass is 10.7. The van der Waals surface area contributed by atoms with Crippen molar-refractivity contribution in [2.75, 3.05) is 0 Å². The second-order valence-corrected chi connectivity index (χ2v) is 1.65. The van der Waals surface area contributed by atoms with Gasteiger partial charge in [-0.3, -0.25) is 0 Å². The number of imidazole rings is 1. The first-order valence-corrected chi connectivity index (χ1v) is 3.21. The summed E-state index contributed by atoms with van der Waals surface area (Å²) in [4.78, 5) is 16.8. The third kappa shape index (κ3) is 6.21. The van der Waals surface area contributed by atoms with Gasteiger partial charge >= 0.3 is 0 Å². The number of aromatic amines is 2. The van der Waals surface area contributed by atoms with Gasteiger partial charge < -0.3 is 9.97 Å². The highest BCUT2D eigenvalue weighted by molar-refractivity contribution is 4.84. The summed E-state index contributed by atoms with van der Waals surface area (Å²) in [6.07, 6.45) is 8.83. The molecule has 2 aromatic rings. The van der Waals surface area contributed by atoms with E-state index in [1.54, 1.807) is 18.7 Å². The number of aromatic nitrogens is 3. The monoisotopic (exact) mass is 166 g/mol. The van der Waals surface area contributed by atoms with Crippen molar-refractivity contribution >= 4 is 0 Å². The third-order valence-electron chi connectivity index (χ3n) is 0.902. The molecule has 0 amide bonds. The van der Waals surface area contributed by atoms with Crippen LogP contribution in [0.15, 0.2) is 43.2 Å². The molecule has 0 unspecified atom stereocenters. The normalized spacial score (nSPS) is 7.00. The molecule has 0 atom stereocenters. The summed E-state index contributed by atoms with van der Waals surface area (Å²) >= 11 is 0. The molecule has 0 fully saturated rings.